The zero-order chi connectivity index (χ0) is 31.1. The van der Waals surface area contributed by atoms with Crippen molar-refractivity contribution in [1.29, 1.82) is 0 Å². The minimum Gasteiger partial charge on any atom is -0.463 e. The fraction of sp³-hybridized carbons (Fsp3) is 0.667. The molecule has 4 fully saturated rings. The number of nitrogens with one attached hydrogen (secondary N) is 1. The molecule has 5 aliphatic rings. The molecule has 0 spiro atoms. The quantitative estimate of drug-likeness (QED) is 0.307. The van der Waals surface area contributed by atoms with Crippen molar-refractivity contribution in [3.63, 3.8) is 0 Å². The van der Waals surface area contributed by atoms with Crippen molar-refractivity contribution in [3.8, 4) is 6.01 Å². The third kappa shape index (κ3) is 5.45. The van der Waals surface area contributed by atoms with Gasteiger partial charge in [0.05, 0.1) is 42.3 Å². The summed E-state index contributed by atoms with van der Waals surface area (Å²) in [6.07, 6.45) is 1.59. The highest BCUT2D eigenvalue weighted by atomic mass is 19.4. The number of halogens is 4. The summed E-state index contributed by atoms with van der Waals surface area (Å²) in [5.74, 6) is 1.37. The standard InChI is InChI=1S/C33H40F4N6O2/c1-19-9-25-22(12-38-41-25)27(28(19)33(35,36)37)26-10-24-23(15-44-26)29(43-13-20-3-5-31(2,11-20)16-43)40-30(39-24)45-18-32(6-7-32)17-42-8-4-21(34)14-42/h9,12,20-21,26H,3-8,10-11,13-18H2,1-2H3,(H,38,41)/t20-,21+,26?,31-/m0/s1. The topological polar surface area (TPSA) is 79.4 Å². The molecule has 3 aliphatic heterocycles. The minimum absolute atomic E-state index is 0.0388. The predicted octanol–water partition coefficient (Wildman–Crippen LogP) is 6.32. The van der Waals surface area contributed by atoms with Crippen LogP contribution in [0.25, 0.3) is 10.9 Å². The Balaban J connectivity index is 1.14. The smallest absolute Gasteiger partial charge is 0.417 e. The van der Waals surface area contributed by atoms with Gasteiger partial charge in [0.1, 0.15) is 12.0 Å². The SMILES string of the molecule is Cc1cc2[nH]ncc2c(C2Cc3nc(OCC4(CN5CC[C@@H](F)C5)CC4)nc(N4C[C@H]5CC[C@@](C)(C5)C4)c3CO2)c1C(F)(F)F. The van der Waals surface area contributed by atoms with E-state index in [9.17, 15) is 17.6 Å². The summed E-state index contributed by atoms with van der Waals surface area (Å²) >= 11 is 0. The highest BCUT2D eigenvalue weighted by Gasteiger charge is 2.47. The van der Waals surface area contributed by atoms with E-state index >= 15 is 0 Å². The summed E-state index contributed by atoms with van der Waals surface area (Å²) in [6.45, 7) is 8.14. The fourth-order valence-electron chi connectivity index (χ4n) is 8.61. The number of alkyl halides is 4. The molecule has 1 aromatic carbocycles. The number of benzene rings is 1. The molecule has 2 aliphatic carbocycles. The van der Waals surface area contributed by atoms with E-state index in [4.69, 9.17) is 19.4 Å². The Morgan fingerprint density at radius 2 is 2.00 bits per heavy atom. The molecule has 4 atom stereocenters. The molecule has 2 bridgehead atoms. The number of rotatable bonds is 7. The maximum Gasteiger partial charge on any atom is 0.417 e. The Kier molecular flexibility index (Phi) is 6.87. The largest absolute Gasteiger partial charge is 0.463 e. The monoisotopic (exact) mass is 628 g/mol. The molecular weight excluding hydrogens is 588 g/mol. The van der Waals surface area contributed by atoms with Crippen LogP contribution in [0.2, 0.25) is 0 Å². The molecule has 242 valence electrons. The van der Waals surface area contributed by atoms with Gasteiger partial charge in [0.25, 0.3) is 0 Å². The molecule has 8 nitrogen and oxygen atoms in total. The molecule has 0 radical (unpaired) electrons. The molecule has 0 amide bonds. The van der Waals surface area contributed by atoms with Crippen molar-refractivity contribution in [3.05, 3.63) is 40.2 Å². The molecule has 5 heterocycles. The third-order valence-electron chi connectivity index (χ3n) is 11.0. The number of hydrogen-bond donors (Lipinski definition) is 1. The van der Waals surface area contributed by atoms with E-state index in [-0.39, 0.29) is 41.0 Å². The van der Waals surface area contributed by atoms with Gasteiger partial charge in [-0.2, -0.15) is 28.2 Å². The van der Waals surface area contributed by atoms with E-state index in [0.29, 0.717) is 42.1 Å². The number of piperidine rings is 1. The number of nitrogens with zero attached hydrogens (tertiary/aromatic N) is 5. The molecule has 45 heavy (non-hydrogen) atoms. The van der Waals surface area contributed by atoms with Crippen LogP contribution < -0.4 is 9.64 Å². The first-order valence-corrected chi connectivity index (χ1v) is 16.3. The highest BCUT2D eigenvalue weighted by molar-refractivity contribution is 5.85. The van der Waals surface area contributed by atoms with E-state index in [1.54, 1.807) is 0 Å². The first kappa shape index (κ1) is 29.4. The molecule has 3 aromatic rings. The maximum absolute atomic E-state index is 14.5. The lowest BCUT2D eigenvalue weighted by molar-refractivity contribution is -0.140. The molecule has 1 N–H and O–H groups in total. The predicted molar refractivity (Wildman–Crippen MR) is 160 cm³/mol. The van der Waals surface area contributed by atoms with Crippen molar-refractivity contribution in [2.24, 2.45) is 16.7 Å². The van der Waals surface area contributed by atoms with Crippen molar-refractivity contribution >= 4 is 16.7 Å². The summed E-state index contributed by atoms with van der Waals surface area (Å²) in [7, 11) is 0. The van der Waals surface area contributed by atoms with Gasteiger partial charge in [-0.15, -0.1) is 0 Å². The molecule has 1 unspecified atom stereocenters. The summed E-state index contributed by atoms with van der Waals surface area (Å²) in [5.41, 5.74) is 1.76. The van der Waals surface area contributed by atoms with Crippen LogP contribution >= 0.6 is 0 Å². The zero-order valence-corrected chi connectivity index (χ0v) is 25.9. The number of aryl methyl sites for hydroxylation is 1. The van der Waals surface area contributed by atoms with Gasteiger partial charge in [0.2, 0.25) is 0 Å². The lowest BCUT2D eigenvalue weighted by Crippen LogP contribution is -2.43. The number of likely N-dealkylation sites (tertiary alicyclic amines) is 1. The lowest BCUT2D eigenvalue weighted by Gasteiger charge is -2.40. The highest BCUT2D eigenvalue weighted by Crippen LogP contribution is 2.50. The summed E-state index contributed by atoms with van der Waals surface area (Å²) in [5, 5.41) is 7.29. The normalized spacial score (nSPS) is 29.4. The second-order valence-corrected chi connectivity index (χ2v) is 14.8. The maximum atomic E-state index is 14.5. The summed E-state index contributed by atoms with van der Waals surface area (Å²) < 4.78 is 70.0. The first-order valence-electron chi connectivity index (χ1n) is 16.3. The van der Waals surface area contributed by atoms with Crippen LogP contribution in [0.15, 0.2) is 12.3 Å². The van der Waals surface area contributed by atoms with Crippen LogP contribution in [-0.2, 0) is 23.9 Å². The van der Waals surface area contributed by atoms with E-state index < -0.39 is 24.0 Å². The van der Waals surface area contributed by atoms with E-state index in [2.05, 4.69) is 26.9 Å². The van der Waals surface area contributed by atoms with Crippen molar-refractivity contribution in [2.45, 2.75) is 83.9 Å². The average Bonchev–Trinajstić information content (AvgIpc) is 3.24. The Morgan fingerprint density at radius 3 is 2.73 bits per heavy atom. The second kappa shape index (κ2) is 10.5. The number of aromatic nitrogens is 4. The van der Waals surface area contributed by atoms with Gasteiger partial charge in [-0.05, 0) is 68.4 Å². The summed E-state index contributed by atoms with van der Waals surface area (Å²) in [6, 6.07) is 1.75. The van der Waals surface area contributed by atoms with Gasteiger partial charge >= 0.3 is 12.2 Å². The van der Waals surface area contributed by atoms with Gasteiger partial charge < -0.3 is 14.4 Å². The zero-order valence-electron chi connectivity index (χ0n) is 25.9. The molecule has 12 heteroatoms. The van der Waals surface area contributed by atoms with Crippen molar-refractivity contribution in [1.82, 2.24) is 25.1 Å². The van der Waals surface area contributed by atoms with Gasteiger partial charge in [-0.3, -0.25) is 10.00 Å². The second-order valence-electron chi connectivity index (χ2n) is 14.8. The molecule has 2 saturated heterocycles. The number of ether oxygens (including phenoxy) is 2. The third-order valence-corrected chi connectivity index (χ3v) is 11.0. The van der Waals surface area contributed by atoms with E-state index in [1.165, 1.54) is 38.4 Å². The van der Waals surface area contributed by atoms with E-state index in [0.717, 1.165) is 50.4 Å². The van der Waals surface area contributed by atoms with Crippen molar-refractivity contribution in [2.75, 3.05) is 44.2 Å². The Labute approximate surface area is 259 Å². The number of anilines is 1. The Hall–Kier alpha value is -2.99. The van der Waals surface area contributed by atoms with Crippen LogP contribution in [0.3, 0.4) is 0 Å². The van der Waals surface area contributed by atoms with Gasteiger partial charge in [-0.1, -0.05) is 6.92 Å². The molecule has 2 aromatic heterocycles. The van der Waals surface area contributed by atoms with Crippen molar-refractivity contribution < 1.29 is 27.0 Å². The minimum atomic E-state index is -4.56. The lowest BCUT2D eigenvalue weighted by atomic mass is 9.84. The Morgan fingerprint density at radius 1 is 1.16 bits per heavy atom. The number of fused-ring (bicyclic) bond motifs is 4. The fourth-order valence-corrected chi connectivity index (χ4v) is 8.61. The Bertz CT molecular complexity index is 1620. The number of hydrogen-bond acceptors (Lipinski definition) is 7. The van der Waals surface area contributed by atoms with Gasteiger partial charge in [-0.25, -0.2) is 4.39 Å². The van der Waals surface area contributed by atoms with Crippen LogP contribution in [0.5, 0.6) is 6.01 Å². The summed E-state index contributed by atoms with van der Waals surface area (Å²) in [4.78, 5) is 14.3. The van der Waals surface area contributed by atoms with Crippen LogP contribution in [-0.4, -0.2) is 70.6 Å². The molecule has 2 saturated carbocycles. The van der Waals surface area contributed by atoms with Gasteiger partial charge in [0, 0.05) is 61.1 Å². The number of H-pyrrole nitrogens is 1. The first-order chi connectivity index (χ1) is 21.5. The van der Waals surface area contributed by atoms with Gasteiger partial charge in [0.15, 0.2) is 0 Å². The molecular formula is C33H40F4N6O2. The average molecular weight is 629 g/mol. The van der Waals surface area contributed by atoms with Crippen LogP contribution in [0.4, 0.5) is 23.4 Å². The van der Waals surface area contributed by atoms with Crippen LogP contribution in [0, 0.1) is 23.7 Å². The van der Waals surface area contributed by atoms with Crippen LogP contribution in [0.1, 0.15) is 79.5 Å². The number of aromatic amines is 1. The molecule has 8 rings (SSSR count). The van der Waals surface area contributed by atoms with E-state index in [1.807, 2.05) is 0 Å².